The van der Waals surface area contributed by atoms with Gasteiger partial charge in [0.25, 0.3) is 0 Å². The van der Waals surface area contributed by atoms with Crippen molar-refractivity contribution in [2.45, 2.75) is 25.8 Å². The molecule has 17 heavy (non-hydrogen) atoms. The molecule has 1 unspecified atom stereocenters. The molecule has 0 bridgehead atoms. The van der Waals surface area contributed by atoms with Crippen LogP contribution in [0.1, 0.15) is 19.8 Å². The zero-order valence-electron chi connectivity index (χ0n) is 9.99. The minimum Gasteiger partial charge on any atom is -0.384 e. The number of aromatic nitrogens is 1. The van der Waals surface area contributed by atoms with Gasteiger partial charge in [-0.3, -0.25) is 9.78 Å². The number of rotatable bonds is 5. The van der Waals surface area contributed by atoms with Gasteiger partial charge in [0.1, 0.15) is 0 Å². The zero-order valence-corrected chi connectivity index (χ0v) is 9.99. The van der Waals surface area contributed by atoms with Gasteiger partial charge in [-0.1, -0.05) is 0 Å². The van der Waals surface area contributed by atoms with Gasteiger partial charge in [0, 0.05) is 25.6 Å². The lowest BCUT2D eigenvalue weighted by molar-refractivity contribution is -0.119. The molecule has 1 saturated heterocycles. The number of pyridine rings is 1. The van der Waals surface area contributed by atoms with Gasteiger partial charge in [-0.05, 0) is 19.4 Å². The summed E-state index contributed by atoms with van der Waals surface area (Å²) in [4.78, 5) is 15.2. The third-order valence-electron chi connectivity index (χ3n) is 2.76. The van der Waals surface area contributed by atoms with Crippen LogP contribution in [0.5, 0.6) is 0 Å². The van der Waals surface area contributed by atoms with Crippen LogP contribution in [0.2, 0.25) is 0 Å². The van der Waals surface area contributed by atoms with Crippen molar-refractivity contribution in [1.82, 2.24) is 10.3 Å². The van der Waals surface area contributed by atoms with Crippen molar-refractivity contribution in [2.24, 2.45) is 0 Å². The largest absolute Gasteiger partial charge is 0.384 e. The number of anilines is 2. The molecule has 0 aromatic carbocycles. The molecule has 1 aliphatic rings. The lowest BCUT2D eigenvalue weighted by Gasteiger charge is -2.13. The van der Waals surface area contributed by atoms with Gasteiger partial charge in [0.15, 0.2) is 0 Å². The molecule has 0 spiro atoms. The number of nitrogens with one attached hydrogen (secondary N) is 3. The average molecular weight is 234 g/mol. The first kappa shape index (κ1) is 11.7. The minimum atomic E-state index is 0.149. The van der Waals surface area contributed by atoms with Crippen molar-refractivity contribution in [2.75, 3.05) is 23.7 Å². The van der Waals surface area contributed by atoms with Crippen LogP contribution in [-0.2, 0) is 4.79 Å². The summed E-state index contributed by atoms with van der Waals surface area (Å²) in [6.07, 6.45) is 5.14. The van der Waals surface area contributed by atoms with E-state index in [2.05, 4.69) is 20.9 Å². The molecule has 1 aliphatic heterocycles. The second kappa shape index (κ2) is 5.52. The molecule has 5 nitrogen and oxygen atoms in total. The molecule has 1 fully saturated rings. The molecule has 2 heterocycles. The standard InChI is InChI=1S/C12H18N4O/c1-2-14-10-5-11(7-13-6-10)15-8-9-3-4-12(17)16-9/h5-7,9,14-15H,2-4,8H2,1H3,(H,16,17). The second-order valence-electron chi connectivity index (χ2n) is 4.18. The number of hydrogen-bond acceptors (Lipinski definition) is 4. The van der Waals surface area contributed by atoms with Crippen molar-refractivity contribution < 1.29 is 4.79 Å². The fourth-order valence-electron chi connectivity index (χ4n) is 1.91. The van der Waals surface area contributed by atoms with E-state index in [0.717, 1.165) is 30.9 Å². The molecule has 0 aliphatic carbocycles. The summed E-state index contributed by atoms with van der Waals surface area (Å²) in [6.45, 7) is 3.68. The summed E-state index contributed by atoms with van der Waals surface area (Å²) in [5, 5.41) is 9.43. The Morgan fingerprint density at radius 1 is 1.41 bits per heavy atom. The van der Waals surface area contributed by atoms with E-state index in [9.17, 15) is 4.79 Å². The van der Waals surface area contributed by atoms with Crippen molar-refractivity contribution in [3.05, 3.63) is 18.5 Å². The van der Waals surface area contributed by atoms with Gasteiger partial charge in [-0.15, -0.1) is 0 Å². The highest BCUT2D eigenvalue weighted by molar-refractivity contribution is 5.78. The molecule has 1 atom stereocenters. The van der Waals surface area contributed by atoms with E-state index in [1.807, 2.05) is 13.0 Å². The van der Waals surface area contributed by atoms with Crippen LogP contribution in [0, 0.1) is 0 Å². The van der Waals surface area contributed by atoms with Crippen LogP contribution < -0.4 is 16.0 Å². The maximum Gasteiger partial charge on any atom is 0.220 e. The Balaban J connectivity index is 1.85. The van der Waals surface area contributed by atoms with E-state index in [-0.39, 0.29) is 11.9 Å². The number of hydrogen-bond donors (Lipinski definition) is 3. The van der Waals surface area contributed by atoms with Gasteiger partial charge in [-0.25, -0.2) is 0 Å². The smallest absolute Gasteiger partial charge is 0.220 e. The maximum atomic E-state index is 11.0. The Morgan fingerprint density at radius 2 is 2.18 bits per heavy atom. The van der Waals surface area contributed by atoms with Crippen LogP contribution in [-0.4, -0.2) is 30.0 Å². The summed E-state index contributed by atoms with van der Waals surface area (Å²) in [5.74, 6) is 0.149. The molecular formula is C12H18N4O. The van der Waals surface area contributed by atoms with E-state index in [0.29, 0.717) is 6.42 Å². The number of nitrogens with zero attached hydrogens (tertiary/aromatic N) is 1. The van der Waals surface area contributed by atoms with Crippen molar-refractivity contribution in [3.8, 4) is 0 Å². The summed E-state index contributed by atoms with van der Waals surface area (Å²) < 4.78 is 0. The molecule has 1 aromatic rings. The molecule has 3 N–H and O–H groups in total. The Kier molecular flexibility index (Phi) is 3.80. The van der Waals surface area contributed by atoms with Gasteiger partial charge in [0.05, 0.1) is 23.8 Å². The predicted molar refractivity (Wildman–Crippen MR) is 68.1 cm³/mol. The SMILES string of the molecule is CCNc1cncc(NCC2CCC(=O)N2)c1. The molecule has 5 heteroatoms. The maximum absolute atomic E-state index is 11.0. The number of carbonyl (C=O) groups is 1. The van der Waals surface area contributed by atoms with Crippen LogP contribution in [0.15, 0.2) is 18.5 Å². The first-order valence-electron chi connectivity index (χ1n) is 6.00. The van der Waals surface area contributed by atoms with E-state index in [1.165, 1.54) is 0 Å². The summed E-state index contributed by atoms with van der Waals surface area (Å²) in [6, 6.07) is 2.26. The average Bonchev–Trinajstić information content (AvgIpc) is 2.74. The predicted octanol–water partition coefficient (Wildman–Crippen LogP) is 1.20. The fourth-order valence-corrected chi connectivity index (χ4v) is 1.91. The van der Waals surface area contributed by atoms with Crippen LogP contribution in [0.25, 0.3) is 0 Å². The molecule has 2 rings (SSSR count). The quantitative estimate of drug-likeness (QED) is 0.716. The topological polar surface area (TPSA) is 66.0 Å². The normalized spacial score (nSPS) is 18.9. The highest BCUT2D eigenvalue weighted by Gasteiger charge is 2.19. The van der Waals surface area contributed by atoms with E-state index < -0.39 is 0 Å². The summed E-state index contributed by atoms with van der Waals surface area (Å²) in [7, 11) is 0. The highest BCUT2D eigenvalue weighted by atomic mass is 16.1. The molecule has 92 valence electrons. The van der Waals surface area contributed by atoms with E-state index >= 15 is 0 Å². The number of amides is 1. The Labute approximate surface area is 101 Å². The first-order valence-corrected chi connectivity index (χ1v) is 6.00. The number of carbonyl (C=O) groups excluding carboxylic acids is 1. The first-order chi connectivity index (χ1) is 8.28. The van der Waals surface area contributed by atoms with Gasteiger partial charge in [0.2, 0.25) is 5.91 Å². The molecule has 1 aromatic heterocycles. The van der Waals surface area contributed by atoms with Gasteiger partial charge >= 0.3 is 0 Å². The fraction of sp³-hybridized carbons (Fsp3) is 0.500. The highest BCUT2D eigenvalue weighted by Crippen LogP contribution is 2.14. The van der Waals surface area contributed by atoms with Gasteiger partial charge in [-0.2, -0.15) is 0 Å². The second-order valence-corrected chi connectivity index (χ2v) is 4.18. The Hall–Kier alpha value is -1.78. The van der Waals surface area contributed by atoms with Crippen molar-refractivity contribution in [3.63, 3.8) is 0 Å². The molecule has 0 saturated carbocycles. The Bertz CT molecular complexity index is 394. The van der Waals surface area contributed by atoms with Crippen LogP contribution >= 0.6 is 0 Å². The van der Waals surface area contributed by atoms with Crippen molar-refractivity contribution >= 4 is 17.3 Å². The summed E-state index contributed by atoms with van der Waals surface area (Å²) >= 11 is 0. The van der Waals surface area contributed by atoms with Crippen LogP contribution in [0.3, 0.4) is 0 Å². The van der Waals surface area contributed by atoms with E-state index in [4.69, 9.17) is 0 Å². The van der Waals surface area contributed by atoms with Crippen LogP contribution in [0.4, 0.5) is 11.4 Å². The third kappa shape index (κ3) is 3.34. The minimum absolute atomic E-state index is 0.149. The summed E-state index contributed by atoms with van der Waals surface area (Å²) in [5.41, 5.74) is 1.98. The monoisotopic (exact) mass is 234 g/mol. The Morgan fingerprint density at radius 3 is 2.82 bits per heavy atom. The third-order valence-corrected chi connectivity index (χ3v) is 2.76. The molecule has 0 radical (unpaired) electrons. The van der Waals surface area contributed by atoms with E-state index in [1.54, 1.807) is 12.4 Å². The lowest BCUT2D eigenvalue weighted by atomic mass is 10.2. The zero-order chi connectivity index (χ0) is 12.1. The van der Waals surface area contributed by atoms with Crippen molar-refractivity contribution in [1.29, 1.82) is 0 Å². The molecule has 1 amide bonds. The lowest BCUT2D eigenvalue weighted by Crippen LogP contribution is -2.31. The van der Waals surface area contributed by atoms with Gasteiger partial charge < -0.3 is 16.0 Å². The molecular weight excluding hydrogens is 216 g/mol.